The van der Waals surface area contributed by atoms with Gasteiger partial charge in [0.25, 0.3) is 5.91 Å². The van der Waals surface area contributed by atoms with Crippen LogP contribution in [0.4, 0.5) is 0 Å². The number of imidazole rings is 1. The number of cyclic esters (lactones) is 1. The molecule has 1 saturated heterocycles. The van der Waals surface area contributed by atoms with E-state index in [0.29, 0.717) is 16.6 Å². The molecule has 2 N–H and O–H groups in total. The number of rotatable bonds is 9. The lowest BCUT2D eigenvalue weighted by molar-refractivity contribution is -0.143. The van der Waals surface area contributed by atoms with Crippen LogP contribution in [0.5, 0.6) is 0 Å². The van der Waals surface area contributed by atoms with Gasteiger partial charge in [0.1, 0.15) is 6.61 Å². The van der Waals surface area contributed by atoms with E-state index < -0.39 is 18.1 Å². The van der Waals surface area contributed by atoms with Crippen LogP contribution in [0, 0.1) is 6.92 Å². The minimum Gasteiger partial charge on any atom is -0.466 e. The molecule has 5 aromatic rings. The molecule has 1 aliphatic heterocycles. The van der Waals surface area contributed by atoms with E-state index in [4.69, 9.17) is 9.47 Å². The number of aryl methyl sites for hydroxylation is 1. The van der Waals surface area contributed by atoms with Crippen molar-refractivity contribution in [2.45, 2.75) is 51.7 Å². The van der Waals surface area contributed by atoms with Gasteiger partial charge in [-0.1, -0.05) is 42.5 Å². The third-order valence-electron chi connectivity index (χ3n) is 8.31. The van der Waals surface area contributed by atoms with Crippen LogP contribution in [0.25, 0.3) is 21.9 Å². The molecule has 0 radical (unpaired) electrons. The summed E-state index contributed by atoms with van der Waals surface area (Å²) < 4.78 is 13.6. The maximum Gasteiger partial charge on any atom is 0.330 e. The molecule has 44 heavy (non-hydrogen) atoms. The number of nitrogens with one attached hydrogen (secondary N) is 2. The highest BCUT2D eigenvalue weighted by molar-refractivity contribution is 5.98. The van der Waals surface area contributed by atoms with Gasteiger partial charge in [0.2, 0.25) is 0 Å². The summed E-state index contributed by atoms with van der Waals surface area (Å²) in [5, 5.41) is 3.90. The average Bonchev–Trinajstić information content (AvgIpc) is 3.71. The van der Waals surface area contributed by atoms with Crippen LogP contribution >= 0.6 is 0 Å². The molecule has 6 rings (SSSR count). The van der Waals surface area contributed by atoms with Crippen LogP contribution in [0.2, 0.25) is 0 Å². The lowest BCUT2D eigenvalue weighted by atomic mass is 10.0. The molecule has 10 nitrogen and oxygen atoms in total. The van der Waals surface area contributed by atoms with Crippen LogP contribution in [0.3, 0.4) is 0 Å². The van der Waals surface area contributed by atoms with Gasteiger partial charge in [-0.3, -0.25) is 23.5 Å². The Kier molecular flexibility index (Phi) is 7.82. The smallest absolute Gasteiger partial charge is 0.330 e. The SMILES string of the molecule is CCOC(=O)C[C@H](c1ccccc1)n1c(=O)n(C(C)c2c[nH]c3cccc(C)c23)c2ccc(C(=O)NC3COC(=O)C3)cc21. The van der Waals surface area contributed by atoms with Gasteiger partial charge in [0, 0.05) is 28.2 Å². The largest absolute Gasteiger partial charge is 0.466 e. The molecule has 1 fully saturated rings. The van der Waals surface area contributed by atoms with E-state index in [1.807, 2.05) is 68.6 Å². The monoisotopic (exact) mass is 594 g/mol. The number of carbonyl (C=O) groups excluding carboxylic acids is 3. The van der Waals surface area contributed by atoms with Crippen LogP contribution in [0.1, 0.15) is 65.8 Å². The highest BCUT2D eigenvalue weighted by Gasteiger charge is 2.30. The molecule has 2 unspecified atom stereocenters. The Hall–Kier alpha value is -5.12. The first-order valence-corrected chi connectivity index (χ1v) is 14.8. The molecule has 1 aliphatic rings. The number of H-pyrrole nitrogens is 1. The standard InChI is InChI=1S/C34H34N4O6/c1-4-43-31(40)17-28(22-10-6-5-7-11-22)38-29-15-23(33(41)36-24-16-30(39)44-19-24)13-14-27(29)37(34(38)42)21(3)25-18-35-26-12-8-9-20(2)32(25)26/h5-15,18,21,24,28,35H,4,16-17,19H2,1-3H3,(H,36,41)/t21?,24?,28-/m1/s1. The molecule has 0 bridgehead atoms. The molecule has 226 valence electrons. The summed E-state index contributed by atoms with van der Waals surface area (Å²) in [5.41, 5.74) is 4.89. The number of esters is 2. The first-order chi connectivity index (χ1) is 21.3. The zero-order chi connectivity index (χ0) is 31.0. The second-order valence-corrected chi connectivity index (χ2v) is 11.1. The number of aromatic amines is 1. The predicted molar refractivity (Wildman–Crippen MR) is 166 cm³/mol. The minimum absolute atomic E-state index is 0.0740. The predicted octanol–water partition coefficient (Wildman–Crippen LogP) is 4.79. The van der Waals surface area contributed by atoms with Crippen molar-refractivity contribution in [1.29, 1.82) is 0 Å². The van der Waals surface area contributed by atoms with Crippen LogP contribution < -0.4 is 11.0 Å². The molecule has 3 atom stereocenters. The lowest BCUT2D eigenvalue weighted by Crippen LogP contribution is -2.35. The van der Waals surface area contributed by atoms with Gasteiger partial charge in [0.05, 0.1) is 48.6 Å². The van der Waals surface area contributed by atoms with Gasteiger partial charge in [-0.25, -0.2) is 4.79 Å². The van der Waals surface area contributed by atoms with E-state index in [9.17, 15) is 19.2 Å². The third-order valence-corrected chi connectivity index (χ3v) is 8.31. The van der Waals surface area contributed by atoms with Crippen molar-refractivity contribution in [3.05, 3.63) is 106 Å². The number of nitrogens with zero attached hydrogens (tertiary/aromatic N) is 2. The molecule has 3 heterocycles. The third kappa shape index (κ3) is 5.27. The Balaban J connectivity index is 1.54. The van der Waals surface area contributed by atoms with Gasteiger partial charge in [0.15, 0.2) is 0 Å². The van der Waals surface area contributed by atoms with Gasteiger partial charge in [-0.15, -0.1) is 0 Å². The summed E-state index contributed by atoms with van der Waals surface area (Å²) in [6, 6.07) is 19.0. The zero-order valence-corrected chi connectivity index (χ0v) is 24.8. The molecular formula is C34H34N4O6. The van der Waals surface area contributed by atoms with Gasteiger partial charge in [-0.2, -0.15) is 0 Å². The zero-order valence-electron chi connectivity index (χ0n) is 24.8. The normalized spacial score (nSPS) is 16.2. The Morgan fingerprint density at radius 3 is 2.57 bits per heavy atom. The van der Waals surface area contributed by atoms with Crippen molar-refractivity contribution in [1.82, 2.24) is 19.4 Å². The van der Waals surface area contributed by atoms with E-state index in [1.165, 1.54) is 0 Å². The summed E-state index contributed by atoms with van der Waals surface area (Å²) in [6.07, 6.45) is 1.96. The van der Waals surface area contributed by atoms with E-state index in [2.05, 4.69) is 10.3 Å². The minimum atomic E-state index is -0.692. The fourth-order valence-corrected chi connectivity index (χ4v) is 6.21. The number of aromatic nitrogens is 3. The van der Waals surface area contributed by atoms with E-state index in [1.54, 1.807) is 34.3 Å². The van der Waals surface area contributed by atoms with Crippen LogP contribution in [0.15, 0.2) is 77.7 Å². The Morgan fingerprint density at radius 1 is 1.05 bits per heavy atom. The topological polar surface area (TPSA) is 124 Å². The van der Waals surface area contributed by atoms with Gasteiger partial charge in [-0.05, 0) is 56.2 Å². The molecule has 0 aliphatic carbocycles. The lowest BCUT2D eigenvalue weighted by Gasteiger charge is -2.19. The Bertz CT molecular complexity index is 1940. The number of carbonyl (C=O) groups is 3. The Morgan fingerprint density at radius 2 is 1.84 bits per heavy atom. The number of hydrogen-bond donors (Lipinski definition) is 2. The maximum absolute atomic E-state index is 14.6. The van der Waals surface area contributed by atoms with Crippen molar-refractivity contribution in [2.75, 3.05) is 13.2 Å². The first-order valence-electron chi connectivity index (χ1n) is 14.8. The summed E-state index contributed by atoms with van der Waals surface area (Å²) in [5.74, 6) is -1.18. The Labute approximate surface area is 253 Å². The number of hydrogen-bond acceptors (Lipinski definition) is 6. The quantitative estimate of drug-likeness (QED) is 0.237. The molecule has 10 heteroatoms. The van der Waals surface area contributed by atoms with Crippen molar-refractivity contribution in [3.63, 3.8) is 0 Å². The number of ether oxygens (including phenoxy) is 2. The van der Waals surface area contributed by atoms with Crippen molar-refractivity contribution in [2.24, 2.45) is 0 Å². The summed E-state index contributed by atoms with van der Waals surface area (Å²) >= 11 is 0. The summed E-state index contributed by atoms with van der Waals surface area (Å²) in [4.78, 5) is 55.7. The number of benzene rings is 3. The van der Waals surface area contributed by atoms with E-state index >= 15 is 0 Å². The fourth-order valence-electron chi connectivity index (χ4n) is 6.21. The van der Waals surface area contributed by atoms with Crippen molar-refractivity contribution < 1.29 is 23.9 Å². The molecule has 0 saturated carbocycles. The van der Waals surface area contributed by atoms with E-state index in [-0.39, 0.29) is 49.7 Å². The van der Waals surface area contributed by atoms with Crippen LogP contribution in [-0.2, 0) is 19.1 Å². The summed E-state index contributed by atoms with van der Waals surface area (Å²) in [7, 11) is 0. The maximum atomic E-state index is 14.6. The van der Waals surface area contributed by atoms with Crippen molar-refractivity contribution >= 4 is 39.8 Å². The molecule has 3 aromatic carbocycles. The molecule has 0 spiro atoms. The average molecular weight is 595 g/mol. The van der Waals surface area contributed by atoms with Gasteiger partial charge >= 0.3 is 17.6 Å². The van der Waals surface area contributed by atoms with Gasteiger partial charge < -0.3 is 19.8 Å². The van der Waals surface area contributed by atoms with Crippen LogP contribution in [-0.4, -0.2) is 51.2 Å². The first kappa shape index (κ1) is 29.0. The molecule has 1 amide bonds. The second-order valence-electron chi connectivity index (χ2n) is 11.1. The second kappa shape index (κ2) is 11.9. The highest BCUT2D eigenvalue weighted by Crippen LogP contribution is 2.33. The number of amides is 1. The van der Waals surface area contributed by atoms with E-state index in [0.717, 1.165) is 27.6 Å². The van der Waals surface area contributed by atoms with Crippen molar-refractivity contribution in [3.8, 4) is 0 Å². The molecule has 2 aromatic heterocycles. The number of fused-ring (bicyclic) bond motifs is 2. The highest BCUT2D eigenvalue weighted by atomic mass is 16.5. The summed E-state index contributed by atoms with van der Waals surface area (Å²) in [6.45, 7) is 6.08. The fraction of sp³-hybridized carbons (Fsp3) is 0.294. The molecular weight excluding hydrogens is 560 g/mol.